The maximum absolute atomic E-state index is 11.0. The minimum Gasteiger partial charge on any atom is -0.466 e. The molecule has 0 heterocycles. The van der Waals surface area contributed by atoms with Gasteiger partial charge in [-0.3, -0.25) is 9.59 Å². The van der Waals surface area contributed by atoms with E-state index >= 15 is 0 Å². The largest absolute Gasteiger partial charge is 0.466 e. The first-order chi connectivity index (χ1) is 6.20. The molecule has 0 aliphatic rings. The van der Waals surface area contributed by atoms with E-state index in [1.807, 2.05) is 0 Å². The van der Waals surface area contributed by atoms with Gasteiger partial charge in [0.15, 0.2) is 5.78 Å². The van der Waals surface area contributed by atoms with Crippen molar-refractivity contribution in [2.75, 3.05) is 26.3 Å². The first-order valence-corrected chi connectivity index (χ1v) is 4.19. The van der Waals surface area contributed by atoms with Crippen molar-refractivity contribution in [3.63, 3.8) is 0 Å². The van der Waals surface area contributed by atoms with Gasteiger partial charge in [-0.1, -0.05) is 0 Å². The Morgan fingerprint density at radius 1 is 1.46 bits per heavy atom. The van der Waals surface area contributed by atoms with Crippen molar-refractivity contribution in [3.8, 4) is 0 Å². The number of hydrogen-bond acceptors (Lipinski definition) is 5. The topological polar surface area (TPSA) is 75.6 Å². The van der Waals surface area contributed by atoms with Crippen LogP contribution in [0.5, 0.6) is 0 Å². The number of ether oxygens (including phenoxy) is 1. The zero-order valence-electron chi connectivity index (χ0n) is 7.71. The highest BCUT2D eigenvalue weighted by molar-refractivity contribution is 5.96. The summed E-state index contributed by atoms with van der Waals surface area (Å²) in [6.07, 6.45) is -0.202. The maximum Gasteiger partial charge on any atom is 0.313 e. The molecular weight excluding hydrogens is 174 g/mol. The van der Waals surface area contributed by atoms with E-state index in [2.05, 4.69) is 10.1 Å². The van der Waals surface area contributed by atoms with E-state index in [1.54, 1.807) is 6.92 Å². The molecule has 0 saturated heterocycles. The van der Waals surface area contributed by atoms with Gasteiger partial charge in [0.05, 0.1) is 19.8 Å². The van der Waals surface area contributed by atoms with Gasteiger partial charge in [-0.15, -0.1) is 0 Å². The third-order valence-corrected chi connectivity index (χ3v) is 1.26. The van der Waals surface area contributed by atoms with Crippen molar-refractivity contribution in [1.29, 1.82) is 0 Å². The highest BCUT2D eigenvalue weighted by Crippen LogP contribution is 1.87. The number of ketones is 1. The number of nitrogens with one attached hydrogen (secondary N) is 1. The second-order valence-corrected chi connectivity index (χ2v) is 2.42. The average molecular weight is 189 g/mol. The fourth-order valence-electron chi connectivity index (χ4n) is 0.742. The normalized spacial score (nSPS) is 9.69. The van der Waals surface area contributed by atoms with E-state index in [-0.39, 0.29) is 32.0 Å². The van der Waals surface area contributed by atoms with Crippen LogP contribution in [0.2, 0.25) is 0 Å². The Morgan fingerprint density at radius 2 is 2.15 bits per heavy atom. The van der Waals surface area contributed by atoms with E-state index < -0.39 is 5.97 Å². The second-order valence-electron chi connectivity index (χ2n) is 2.42. The third-order valence-electron chi connectivity index (χ3n) is 1.26. The fraction of sp³-hybridized carbons (Fsp3) is 0.750. The summed E-state index contributed by atoms with van der Waals surface area (Å²) in [5, 5.41) is 11.1. The number of carbonyl (C=O) groups is 2. The van der Waals surface area contributed by atoms with E-state index in [9.17, 15) is 9.59 Å². The van der Waals surface area contributed by atoms with E-state index in [0.717, 1.165) is 0 Å². The van der Waals surface area contributed by atoms with Crippen molar-refractivity contribution in [3.05, 3.63) is 0 Å². The fourth-order valence-corrected chi connectivity index (χ4v) is 0.742. The van der Waals surface area contributed by atoms with Crippen LogP contribution in [0.4, 0.5) is 0 Å². The van der Waals surface area contributed by atoms with Crippen LogP contribution in [0.3, 0.4) is 0 Å². The Morgan fingerprint density at radius 3 is 2.69 bits per heavy atom. The molecule has 0 fully saturated rings. The molecule has 0 amide bonds. The van der Waals surface area contributed by atoms with Crippen LogP contribution in [0.25, 0.3) is 0 Å². The van der Waals surface area contributed by atoms with Gasteiger partial charge >= 0.3 is 5.97 Å². The third kappa shape index (κ3) is 7.42. The van der Waals surface area contributed by atoms with Gasteiger partial charge in [-0.05, 0) is 6.92 Å². The lowest BCUT2D eigenvalue weighted by Gasteiger charge is -2.02. The van der Waals surface area contributed by atoms with Gasteiger partial charge in [0.25, 0.3) is 0 Å². The molecule has 0 aromatic rings. The maximum atomic E-state index is 11.0. The monoisotopic (exact) mass is 189 g/mol. The van der Waals surface area contributed by atoms with Crippen LogP contribution in [-0.4, -0.2) is 43.2 Å². The SMILES string of the molecule is CCOC(=O)CC(=O)CNCCO. The Labute approximate surface area is 77.1 Å². The molecule has 0 rings (SSSR count). The molecular formula is C8H15NO4. The van der Waals surface area contributed by atoms with Crippen molar-refractivity contribution in [2.24, 2.45) is 0 Å². The van der Waals surface area contributed by atoms with Gasteiger partial charge in [0.1, 0.15) is 6.42 Å². The average Bonchev–Trinajstić information content (AvgIpc) is 2.05. The highest BCUT2D eigenvalue weighted by atomic mass is 16.5. The molecule has 0 radical (unpaired) electrons. The standard InChI is InChI=1S/C8H15NO4/c1-2-13-8(12)5-7(11)6-9-3-4-10/h9-10H,2-6H2,1H3. The van der Waals surface area contributed by atoms with Crippen LogP contribution in [0.1, 0.15) is 13.3 Å². The number of rotatable bonds is 7. The summed E-state index contributed by atoms with van der Waals surface area (Å²) >= 11 is 0. The van der Waals surface area contributed by atoms with Crippen molar-refractivity contribution in [2.45, 2.75) is 13.3 Å². The van der Waals surface area contributed by atoms with Gasteiger partial charge < -0.3 is 15.2 Å². The van der Waals surface area contributed by atoms with Gasteiger partial charge in [0, 0.05) is 6.54 Å². The Kier molecular flexibility index (Phi) is 7.14. The van der Waals surface area contributed by atoms with Gasteiger partial charge in [0.2, 0.25) is 0 Å². The number of esters is 1. The summed E-state index contributed by atoms with van der Waals surface area (Å²) in [6, 6.07) is 0. The van der Waals surface area contributed by atoms with Gasteiger partial charge in [-0.2, -0.15) is 0 Å². The molecule has 0 aliphatic heterocycles. The first kappa shape index (κ1) is 12.1. The number of aliphatic hydroxyl groups excluding tert-OH is 1. The van der Waals surface area contributed by atoms with Crippen LogP contribution in [0, 0.1) is 0 Å². The first-order valence-electron chi connectivity index (χ1n) is 4.19. The molecule has 0 bridgehead atoms. The lowest BCUT2D eigenvalue weighted by atomic mass is 10.3. The van der Waals surface area contributed by atoms with Crippen LogP contribution >= 0.6 is 0 Å². The minimum absolute atomic E-state index is 0.0211. The molecule has 0 aliphatic carbocycles. The van der Waals surface area contributed by atoms with Crippen molar-refractivity contribution in [1.82, 2.24) is 5.32 Å². The molecule has 5 heteroatoms. The zero-order valence-corrected chi connectivity index (χ0v) is 7.71. The summed E-state index contributed by atoms with van der Waals surface area (Å²) < 4.78 is 4.58. The number of carbonyl (C=O) groups excluding carboxylic acids is 2. The zero-order chi connectivity index (χ0) is 10.1. The molecule has 5 nitrogen and oxygen atoms in total. The highest BCUT2D eigenvalue weighted by Gasteiger charge is 2.08. The quantitative estimate of drug-likeness (QED) is 0.308. The molecule has 13 heavy (non-hydrogen) atoms. The molecule has 0 aromatic heterocycles. The predicted molar refractivity (Wildman–Crippen MR) is 46.2 cm³/mol. The summed E-state index contributed by atoms with van der Waals surface area (Å²) in [5.41, 5.74) is 0. The van der Waals surface area contributed by atoms with Crippen LogP contribution < -0.4 is 5.32 Å². The predicted octanol–water partition coefficient (Wildman–Crippen LogP) is -0.909. The van der Waals surface area contributed by atoms with Gasteiger partial charge in [-0.25, -0.2) is 0 Å². The Balaban J connectivity index is 3.44. The summed E-state index contributed by atoms with van der Waals surface area (Å²) in [5.74, 6) is -0.731. The van der Waals surface area contributed by atoms with E-state index in [0.29, 0.717) is 6.54 Å². The molecule has 0 atom stereocenters. The Hall–Kier alpha value is -0.940. The van der Waals surface area contributed by atoms with Crippen LogP contribution in [-0.2, 0) is 14.3 Å². The molecule has 0 unspecified atom stereocenters. The van der Waals surface area contributed by atoms with Crippen molar-refractivity contribution < 1.29 is 19.4 Å². The number of Topliss-reactive ketones (excluding diaryl/α,β-unsaturated/α-hetero) is 1. The molecule has 0 aromatic carbocycles. The van der Waals surface area contributed by atoms with Crippen molar-refractivity contribution >= 4 is 11.8 Å². The lowest BCUT2D eigenvalue weighted by Crippen LogP contribution is -2.27. The van der Waals surface area contributed by atoms with Crippen LogP contribution in [0.15, 0.2) is 0 Å². The number of hydrogen-bond donors (Lipinski definition) is 2. The summed E-state index contributed by atoms with van der Waals surface area (Å²) in [6.45, 7) is 2.41. The van der Waals surface area contributed by atoms with E-state index in [1.165, 1.54) is 0 Å². The smallest absolute Gasteiger partial charge is 0.313 e. The summed E-state index contributed by atoms with van der Waals surface area (Å²) in [7, 11) is 0. The minimum atomic E-state index is -0.502. The number of aliphatic hydroxyl groups is 1. The molecule has 76 valence electrons. The van der Waals surface area contributed by atoms with E-state index in [4.69, 9.17) is 5.11 Å². The lowest BCUT2D eigenvalue weighted by molar-refractivity contribution is -0.145. The Bertz CT molecular complexity index is 170. The molecule has 0 spiro atoms. The molecule has 2 N–H and O–H groups in total. The summed E-state index contributed by atoms with van der Waals surface area (Å²) in [4.78, 5) is 21.7. The molecule has 0 saturated carbocycles. The second kappa shape index (κ2) is 7.70.